The second kappa shape index (κ2) is 35.4. The molecule has 0 saturated carbocycles. The van der Waals surface area contributed by atoms with Crippen molar-refractivity contribution in [2.24, 2.45) is 0 Å². The average molecular weight is 701 g/mol. The zero-order chi connectivity index (χ0) is 36.9. The third-order valence-corrected chi connectivity index (χ3v) is 7.96. The molecule has 0 aliphatic rings. The minimum Gasteiger partial charge on any atom is -0.480 e. The molecule has 0 radical (unpaired) electrons. The van der Waals surface area contributed by atoms with Gasteiger partial charge in [-0.2, -0.15) is 0 Å². The van der Waals surface area contributed by atoms with Crippen LogP contribution in [0.1, 0.15) is 149 Å². The van der Waals surface area contributed by atoms with Crippen LogP contribution >= 0.6 is 0 Å². The summed E-state index contributed by atoms with van der Waals surface area (Å²) in [6.07, 6.45) is 41.3. The molecule has 0 aromatic rings. The summed E-state index contributed by atoms with van der Waals surface area (Å²) in [6.45, 7) is 3.27. The van der Waals surface area contributed by atoms with Gasteiger partial charge in [0.25, 0.3) is 0 Å². The number of aliphatic carboxylic acids is 1. The van der Waals surface area contributed by atoms with Gasteiger partial charge in [-0.05, 0) is 76.7 Å². The minimum absolute atomic E-state index is 0.121. The first kappa shape index (κ1) is 46.5. The molecule has 4 N–H and O–H groups in total. The van der Waals surface area contributed by atoms with Gasteiger partial charge in [-0.15, -0.1) is 0 Å². The molecular formula is C41H68N2O7. The lowest BCUT2D eigenvalue weighted by molar-refractivity contribution is -0.147. The maximum absolute atomic E-state index is 12.6. The quantitative estimate of drug-likeness (QED) is 0.0305. The van der Waals surface area contributed by atoms with Gasteiger partial charge in [-0.1, -0.05) is 120 Å². The highest BCUT2D eigenvalue weighted by Gasteiger charge is 2.18. The summed E-state index contributed by atoms with van der Waals surface area (Å²) < 4.78 is 5.88. The molecule has 284 valence electrons. The summed E-state index contributed by atoms with van der Waals surface area (Å²) in [5, 5.41) is 22.4. The number of rotatable bonds is 33. The van der Waals surface area contributed by atoms with Crippen LogP contribution in [0, 0.1) is 0 Å². The Morgan fingerprint density at radius 3 is 1.84 bits per heavy atom. The molecule has 9 heteroatoms. The first-order valence-corrected chi connectivity index (χ1v) is 19.2. The van der Waals surface area contributed by atoms with E-state index >= 15 is 0 Å². The summed E-state index contributed by atoms with van der Waals surface area (Å²) in [7, 11) is 0. The highest BCUT2D eigenvalue weighted by molar-refractivity contribution is 5.87. The normalized spacial score (nSPS) is 13.2. The Morgan fingerprint density at radius 2 is 1.20 bits per heavy atom. The van der Waals surface area contributed by atoms with E-state index < -0.39 is 24.5 Å². The number of carboxylic acid groups (broad SMARTS) is 1. The van der Waals surface area contributed by atoms with Crippen LogP contribution in [0.15, 0.2) is 60.8 Å². The van der Waals surface area contributed by atoms with Crippen molar-refractivity contribution in [1.82, 2.24) is 10.6 Å². The topological polar surface area (TPSA) is 142 Å². The third-order valence-electron chi connectivity index (χ3n) is 7.96. The van der Waals surface area contributed by atoms with Gasteiger partial charge in [0.15, 0.2) is 0 Å². The molecule has 0 saturated heterocycles. The van der Waals surface area contributed by atoms with Gasteiger partial charge >= 0.3 is 11.9 Å². The lowest BCUT2D eigenvalue weighted by Crippen LogP contribution is -2.47. The van der Waals surface area contributed by atoms with Crippen molar-refractivity contribution in [3.05, 3.63) is 60.8 Å². The number of allylic oxidation sites excluding steroid dienone is 9. The van der Waals surface area contributed by atoms with E-state index in [0.717, 1.165) is 96.3 Å². The molecule has 0 rings (SSSR count). The molecule has 0 bridgehead atoms. The molecule has 9 nitrogen and oxygen atoms in total. The number of hydrogen-bond acceptors (Lipinski definition) is 6. The molecule has 2 unspecified atom stereocenters. The number of amides is 2. The smallest absolute Gasteiger partial charge is 0.328 e. The Hall–Kier alpha value is -3.46. The number of esters is 1. The van der Waals surface area contributed by atoms with Crippen molar-refractivity contribution >= 4 is 23.8 Å². The van der Waals surface area contributed by atoms with E-state index in [1.807, 2.05) is 6.08 Å². The van der Waals surface area contributed by atoms with Gasteiger partial charge in [0.05, 0.1) is 13.2 Å². The largest absolute Gasteiger partial charge is 0.480 e. The average Bonchev–Trinajstić information content (AvgIpc) is 3.10. The van der Waals surface area contributed by atoms with Crippen molar-refractivity contribution in [2.45, 2.75) is 161 Å². The van der Waals surface area contributed by atoms with Crippen molar-refractivity contribution in [3.8, 4) is 0 Å². The monoisotopic (exact) mass is 701 g/mol. The number of aliphatic hydroxyl groups is 1. The first-order valence-electron chi connectivity index (χ1n) is 19.2. The van der Waals surface area contributed by atoms with Gasteiger partial charge in [-0.25, -0.2) is 4.79 Å². The van der Waals surface area contributed by atoms with Crippen LogP contribution in [0.3, 0.4) is 0 Å². The summed E-state index contributed by atoms with van der Waals surface area (Å²) in [5.41, 5.74) is 0. The lowest BCUT2D eigenvalue weighted by Gasteiger charge is -2.14. The van der Waals surface area contributed by atoms with E-state index in [4.69, 9.17) is 14.9 Å². The van der Waals surface area contributed by atoms with E-state index in [2.05, 4.69) is 79.2 Å². The van der Waals surface area contributed by atoms with Crippen molar-refractivity contribution < 1.29 is 34.1 Å². The van der Waals surface area contributed by atoms with Crippen LogP contribution in [0.2, 0.25) is 0 Å². The number of carbonyl (C=O) groups is 4. The molecule has 0 aliphatic heterocycles. The molecule has 0 aliphatic carbocycles. The minimum atomic E-state index is -1.39. The predicted octanol–water partition coefficient (Wildman–Crippen LogP) is 8.59. The number of carboxylic acids is 1. The fourth-order valence-electron chi connectivity index (χ4n) is 5.04. The number of unbranched alkanes of at least 4 members (excludes halogenated alkanes) is 11. The molecule has 0 fully saturated rings. The Labute approximate surface area is 302 Å². The Balaban J connectivity index is 4.33. The summed E-state index contributed by atoms with van der Waals surface area (Å²) in [5.74, 6) is -2.39. The number of hydrogen-bond donors (Lipinski definition) is 4. The highest BCUT2D eigenvalue weighted by atomic mass is 16.5. The zero-order valence-corrected chi connectivity index (χ0v) is 31.1. The van der Waals surface area contributed by atoms with E-state index in [-0.39, 0.29) is 30.9 Å². The second-order valence-electron chi connectivity index (χ2n) is 12.6. The standard InChI is InChI=1S/C41H68N2O7/c1-3-5-7-9-11-13-14-15-16-17-19-25-29-33-40(47)50-36(30-26-22-18-12-10-8-6-4-2)31-27-23-20-21-24-28-32-38(45)42-34-39(46)43-37(35-44)41(48)49/h6-9,12-14,18,26,30,36-37,44H,3-5,10-11,15-17,19-25,27-29,31-35H2,1-2H3,(H,42,45)(H,43,46)(H,48,49)/b8-6-,9-7-,14-13-,18-12-,30-26-. The SMILES string of the molecule is CC/C=C\C/C=C\C/C=C\C(CCCCCCCCC(=O)NCC(=O)NC(CO)C(=O)O)OC(=O)CCCCCCC/C=C\C/C=C\CCC. The van der Waals surface area contributed by atoms with Crippen molar-refractivity contribution in [2.75, 3.05) is 13.2 Å². The zero-order valence-electron chi connectivity index (χ0n) is 31.1. The van der Waals surface area contributed by atoms with Crippen LogP contribution in [-0.4, -0.2) is 59.3 Å². The van der Waals surface area contributed by atoms with Gasteiger partial charge in [0, 0.05) is 12.8 Å². The summed E-state index contributed by atoms with van der Waals surface area (Å²) in [4.78, 5) is 47.2. The second-order valence-corrected chi connectivity index (χ2v) is 12.6. The fourth-order valence-corrected chi connectivity index (χ4v) is 5.04. The van der Waals surface area contributed by atoms with Gasteiger partial charge in [-0.3, -0.25) is 14.4 Å². The van der Waals surface area contributed by atoms with Crippen LogP contribution in [0.5, 0.6) is 0 Å². The first-order chi connectivity index (χ1) is 24.3. The molecule has 0 heterocycles. The summed E-state index contributed by atoms with van der Waals surface area (Å²) >= 11 is 0. The summed E-state index contributed by atoms with van der Waals surface area (Å²) in [6, 6.07) is -1.39. The Kier molecular flexibility index (Phi) is 32.9. The maximum Gasteiger partial charge on any atom is 0.328 e. The van der Waals surface area contributed by atoms with Gasteiger partial charge < -0.3 is 25.6 Å². The third kappa shape index (κ3) is 31.8. The number of nitrogens with one attached hydrogen (secondary N) is 2. The van der Waals surface area contributed by atoms with Gasteiger partial charge in [0.1, 0.15) is 12.1 Å². The number of carbonyl (C=O) groups excluding carboxylic acids is 3. The molecule has 0 aromatic carbocycles. The predicted molar refractivity (Wildman–Crippen MR) is 204 cm³/mol. The molecule has 0 aromatic heterocycles. The van der Waals surface area contributed by atoms with E-state index in [1.165, 1.54) is 19.3 Å². The molecule has 2 amide bonds. The van der Waals surface area contributed by atoms with Crippen LogP contribution in [-0.2, 0) is 23.9 Å². The molecule has 50 heavy (non-hydrogen) atoms. The van der Waals surface area contributed by atoms with Crippen LogP contribution in [0.4, 0.5) is 0 Å². The van der Waals surface area contributed by atoms with Gasteiger partial charge in [0.2, 0.25) is 11.8 Å². The number of ether oxygens (including phenoxy) is 1. The van der Waals surface area contributed by atoms with Crippen LogP contribution < -0.4 is 10.6 Å². The Bertz CT molecular complexity index is 1030. The van der Waals surface area contributed by atoms with Crippen molar-refractivity contribution in [1.29, 1.82) is 0 Å². The van der Waals surface area contributed by atoms with E-state index in [9.17, 15) is 19.2 Å². The molecule has 2 atom stereocenters. The van der Waals surface area contributed by atoms with E-state index in [1.54, 1.807) is 0 Å². The lowest BCUT2D eigenvalue weighted by atomic mass is 10.1. The maximum atomic E-state index is 12.6. The number of aliphatic hydroxyl groups excluding tert-OH is 1. The fraction of sp³-hybridized carbons (Fsp3) is 0.659. The highest BCUT2D eigenvalue weighted by Crippen LogP contribution is 2.15. The molecular weight excluding hydrogens is 632 g/mol. The van der Waals surface area contributed by atoms with Crippen molar-refractivity contribution in [3.63, 3.8) is 0 Å². The Morgan fingerprint density at radius 1 is 0.640 bits per heavy atom. The van der Waals surface area contributed by atoms with E-state index in [0.29, 0.717) is 12.8 Å². The molecule has 0 spiro atoms. The van der Waals surface area contributed by atoms with Crippen LogP contribution in [0.25, 0.3) is 0 Å².